The number of pyridine rings is 1. The van der Waals surface area contributed by atoms with Crippen molar-refractivity contribution in [2.24, 2.45) is 5.92 Å². The van der Waals surface area contributed by atoms with Crippen LogP contribution >= 0.6 is 0 Å². The quantitative estimate of drug-likeness (QED) is 0.841. The zero-order chi connectivity index (χ0) is 13.9. The normalized spacial score (nSPS) is 16.1. The fourth-order valence-electron chi connectivity index (χ4n) is 2.13. The zero-order valence-corrected chi connectivity index (χ0v) is 11.9. The average molecular weight is 262 g/mol. The van der Waals surface area contributed by atoms with Crippen molar-refractivity contribution in [3.63, 3.8) is 0 Å². The third-order valence-corrected chi connectivity index (χ3v) is 3.14. The SMILES string of the molecule is CC(C)(C)OC(=O)N1CC(CCc2ccccn2)C1. The molecule has 0 atom stereocenters. The zero-order valence-electron chi connectivity index (χ0n) is 11.9. The van der Waals surface area contributed by atoms with E-state index in [1.807, 2.05) is 45.2 Å². The molecule has 1 fully saturated rings. The minimum atomic E-state index is -0.407. The molecule has 0 spiro atoms. The molecule has 0 bridgehead atoms. The highest BCUT2D eigenvalue weighted by atomic mass is 16.6. The molecule has 0 radical (unpaired) electrons. The van der Waals surface area contributed by atoms with Gasteiger partial charge in [-0.2, -0.15) is 0 Å². The summed E-state index contributed by atoms with van der Waals surface area (Å²) in [5, 5.41) is 0. The number of aryl methyl sites for hydroxylation is 1. The molecule has 1 saturated heterocycles. The maximum Gasteiger partial charge on any atom is 0.410 e. The second-order valence-electron chi connectivity index (χ2n) is 6.11. The van der Waals surface area contributed by atoms with Gasteiger partial charge in [0.1, 0.15) is 5.60 Å². The summed E-state index contributed by atoms with van der Waals surface area (Å²) >= 11 is 0. The maximum atomic E-state index is 11.8. The molecule has 0 N–H and O–H groups in total. The van der Waals surface area contributed by atoms with Crippen LogP contribution in [0.15, 0.2) is 24.4 Å². The summed E-state index contributed by atoms with van der Waals surface area (Å²) in [5.74, 6) is 0.578. The predicted octanol–water partition coefficient (Wildman–Crippen LogP) is 2.88. The Kier molecular flexibility index (Phi) is 4.08. The van der Waals surface area contributed by atoms with E-state index in [1.165, 1.54) is 0 Å². The third-order valence-electron chi connectivity index (χ3n) is 3.14. The molecule has 4 heteroatoms. The summed E-state index contributed by atoms with van der Waals surface area (Å²) < 4.78 is 5.33. The minimum Gasteiger partial charge on any atom is -0.444 e. The van der Waals surface area contributed by atoms with E-state index >= 15 is 0 Å². The Bertz CT molecular complexity index is 420. The number of hydrogen-bond donors (Lipinski definition) is 0. The van der Waals surface area contributed by atoms with E-state index in [9.17, 15) is 4.79 Å². The molecule has 1 amide bonds. The molecule has 1 aromatic rings. The first-order valence-electron chi connectivity index (χ1n) is 6.82. The Balaban J connectivity index is 1.68. The first-order chi connectivity index (χ1) is 8.94. The first-order valence-corrected chi connectivity index (χ1v) is 6.82. The van der Waals surface area contributed by atoms with Gasteiger partial charge in [-0.3, -0.25) is 4.98 Å². The third kappa shape index (κ3) is 4.23. The fourth-order valence-corrected chi connectivity index (χ4v) is 2.13. The highest BCUT2D eigenvalue weighted by molar-refractivity contribution is 5.69. The lowest BCUT2D eigenvalue weighted by molar-refractivity contribution is -0.00205. The van der Waals surface area contributed by atoms with Crippen molar-refractivity contribution in [1.29, 1.82) is 0 Å². The lowest BCUT2D eigenvalue weighted by atomic mass is 9.94. The Labute approximate surface area is 114 Å². The summed E-state index contributed by atoms with van der Waals surface area (Å²) in [6, 6.07) is 5.98. The molecule has 4 nitrogen and oxygen atoms in total. The highest BCUT2D eigenvalue weighted by Crippen LogP contribution is 2.23. The average Bonchev–Trinajstić information content (AvgIpc) is 2.25. The van der Waals surface area contributed by atoms with E-state index in [0.717, 1.165) is 31.6 Å². The van der Waals surface area contributed by atoms with Crippen molar-refractivity contribution in [3.8, 4) is 0 Å². The van der Waals surface area contributed by atoms with Gasteiger partial charge in [0.05, 0.1) is 0 Å². The Hall–Kier alpha value is -1.58. The van der Waals surface area contributed by atoms with Crippen molar-refractivity contribution in [2.45, 2.75) is 39.2 Å². The number of aromatic nitrogens is 1. The van der Waals surface area contributed by atoms with E-state index in [2.05, 4.69) is 4.98 Å². The number of rotatable bonds is 3. The van der Waals surface area contributed by atoms with Crippen LogP contribution in [0.2, 0.25) is 0 Å². The molecule has 19 heavy (non-hydrogen) atoms. The van der Waals surface area contributed by atoms with Gasteiger partial charge in [-0.25, -0.2) is 4.79 Å². The van der Waals surface area contributed by atoms with Crippen LogP contribution in [-0.2, 0) is 11.2 Å². The van der Waals surface area contributed by atoms with E-state index in [0.29, 0.717) is 5.92 Å². The second kappa shape index (κ2) is 5.59. The topological polar surface area (TPSA) is 42.4 Å². The van der Waals surface area contributed by atoms with Crippen LogP contribution in [0.4, 0.5) is 4.79 Å². The summed E-state index contributed by atoms with van der Waals surface area (Å²) in [7, 11) is 0. The summed E-state index contributed by atoms with van der Waals surface area (Å²) in [5.41, 5.74) is 0.717. The van der Waals surface area contributed by atoms with Crippen LogP contribution in [0.1, 0.15) is 32.9 Å². The molecule has 1 aromatic heterocycles. The maximum absolute atomic E-state index is 11.8. The number of likely N-dealkylation sites (tertiary alicyclic amines) is 1. The van der Waals surface area contributed by atoms with Gasteiger partial charge in [-0.1, -0.05) is 6.07 Å². The minimum absolute atomic E-state index is 0.193. The number of hydrogen-bond acceptors (Lipinski definition) is 3. The number of carbonyl (C=O) groups is 1. The van der Waals surface area contributed by atoms with E-state index < -0.39 is 5.60 Å². The number of ether oxygens (including phenoxy) is 1. The number of carbonyl (C=O) groups excluding carboxylic acids is 1. The smallest absolute Gasteiger partial charge is 0.410 e. The largest absolute Gasteiger partial charge is 0.444 e. The highest BCUT2D eigenvalue weighted by Gasteiger charge is 2.33. The first kappa shape index (κ1) is 13.8. The van der Waals surface area contributed by atoms with Gasteiger partial charge in [0, 0.05) is 25.0 Å². The second-order valence-corrected chi connectivity index (χ2v) is 6.11. The fraction of sp³-hybridized carbons (Fsp3) is 0.600. The molecule has 0 unspecified atom stereocenters. The van der Waals surface area contributed by atoms with E-state index in [4.69, 9.17) is 4.74 Å². The van der Waals surface area contributed by atoms with Gasteiger partial charge in [-0.05, 0) is 51.7 Å². The number of nitrogens with zero attached hydrogens (tertiary/aromatic N) is 2. The van der Waals surface area contributed by atoms with Crippen LogP contribution < -0.4 is 0 Å². The lowest BCUT2D eigenvalue weighted by Crippen LogP contribution is -2.51. The Morgan fingerprint density at radius 2 is 2.16 bits per heavy atom. The molecule has 2 rings (SSSR count). The van der Waals surface area contributed by atoms with Gasteiger partial charge in [-0.15, -0.1) is 0 Å². The number of amides is 1. The monoisotopic (exact) mass is 262 g/mol. The molecule has 104 valence electrons. The van der Waals surface area contributed by atoms with E-state index in [-0.39, 0.29) is 6.09 Å². The van der Waals surface area contributed by atoms with E-state index in [1.54, 1.807) is 4.90 Å². The Morgan fingerprint density at radius 1 is 1.42 bits per heavy atom. The van der Waals surface area contributed by atoms with Gasteiger partial charge in [0.15, 0.2) is 0 Å². The van der Waals surface area contributed by atoms with Gasteiger partial charge in [0.2, 0.25) is 0 Å². The molecule has 0 aromatic carbocycles. The lowest BCUT2D eigenvalue weighted by Gasteiger charge is -2.39. The van der Waals surface area contributed by atoms with Crippen molar-refractivity contribution in [2.75, 3.05) is 13.1 Å². The summed E-state index contributed by atoms with van der Waals surface area (Å²) in [4.78, 5) is 17.8. The van der Waals surface area contributed by atoms with Crippen LogP contribution in [0.3, 0.4) is 0 Å². The molecule has 0 saturated carbocycles. The Morgan fingerprint density at radius 3 is 2.74 bits per heavy atom. The van der Waals surface area contributed by atoms with Gasteiger partial charge >= 0.3 is 6.09 Å². The van der Waals surface area contributed by atoms with Crippen molar-refractivity contribution < 1.29 is 9.53 Å². The van der Waals surface area contributed by atoms with Gasteiger partial charge in [0.25, 0.3) is 0 Å². The van der Waals surface area contributed by atoms with Crippen molar-refractivity contribution in [3.05, 3.63) is 30.1 Å². The van der Waals surface area contributed by atoms with Crippen LogP contribution in [-0.4, -0.2) is 34.7 Å². The van der Waals surface area contributed by atoms with Crippen molar-refractivity contribution >= 4 is 6.09 Å². The molecule has 2 heterocycles. The predicted molar refractivity (Wildman–Crippen MR) is 73.9 cm³/mol. The van der Waals surface area contributed by atoms with Crippen LogP contribution in [0.25, 0.3) is 0 Å². The standard InChI is InChI=1S/C15H22N2O2/c1-15(2,3)19-14(18)17-10-12(11-17)7-8-13-6-4-5-9-16-13/h4-6,9,12H,7-8,10-11H2,1-3H3. The molecule has 0 aliphatic carbocycles. The summed E-state index contributed by atoms with van der Waals surface area (Å²) in [6.45, 7) is 7.29. The molecular formula is C15H22N2O2. The summed E-state index contributed by atoms with van der Waals surface area (Å²) in [6.07, 6.45) is 3.69. The van der Waals surface area contributed by atoms with Crippen LogP contribution in [0, 0.1) is 5.92 Å². The molecular weight excluding hydrogens is 240 g/mol. The molecule has 1 aliphatic heterocycles. The van der Waals surface area contributed by atoms with Gasteiger partial charge < -0.3 is 9.64 Å². The van der Waals surface area contributed by atoms with Crippen molar-refractivity contribution in [1.82, 2.24) is 9.88 Å². The molecule has 1 aliphatic rings. The van der Waals surface area contributed by atoms with Crippen LogP contribution in [0.5, 0.6) is 0 Å².